The summed E-state index contributed by atoms with van der Waals surface area (Å²) in [6, 6.07) is 5.59. The SMILES string of the molecule is COc1cc(Cl)c(C)cc1Nc1cc(NCC(C)C)ncn1. The van der Waals surface area contributed by atoms with Crippen molar-refractivity contribution in [2.24, 2.45) is 5.92 Å². The smallest absolute Gasteiger partial charge is 0.143 e. The molecular weight excluding hydrogens is 300 g/mol. The van der Waals surface area contributed by atoms with Crippen molar-refractivity contribution in [3.8, 4) is 5.75 Å². The van der Waals surface area contributed by atoms with Gasteiger partial charge in [-0.15, -0.1) is 0 Å². The minimum absolute atomic E-state index is 0.547. The summed E-state index contributed by atoms with van der Waals surface area (Å²) in [5.74, 6) is 2.70. The Kier molecular flexibility index (Phi) is 5.44. The van der Waals surface area contributed by atoms with Gasteiger partial charge in [-0.1, -0.05) is 25.4 Å². The summed E-state index contributed by atoms with van der Waals surface area (Å²) in [6.45, 7) is 7.10. The van der Waals surface area contributed by atoms with E-state index in [4.69, 9.17) is 16.3 Å². The highest BCUT2D eigenvalue weighted by Gasteiger charge is 2.08. The average Bonchev–Trinajstić information content (AvgIpc) is 2.49. The topological polar surface area (TPSA) is 59.1 Å². The van der Waals surface area contributed by atoms with Gasteiger partial charge in [0.25, 0.3) is 0 Å². The maximum Gasteiger partial charge on any atom is 0.143 e. The number of aromatic nitrogens is 2. The third kappa shape index (κ3) is 4.24. The molecule has 0 radical (unpaired) electrons. The third-order valence-corrected chi connectivity index (χ3v) is 3.51. The molecule has 22 heavy (non-hydrogen) atoms. The van der Waals surface area contributed by atoms with E-state index < -0.39 is 0 Å². The summed E-state index contributed by atoms with van der Waals surface area (Å²) in [5.41, 5.74) is 1.79. The number of nitrogens with one attached hydrogen (secondary N) is 2. The molecule has 1 aromatic carbocycles. The minimum Gasteiger partial charge on any atom is -0.495 e. The van der Waals surface area contributed by atoms with E-state index in [-0.39, 0.29) is 0 Å². The number of aryl methyl sites for hydroxylation is 1. The second kappa shape index (κ2) is 7.31. The molecule has 0 saturated carbocycles. The number of anilines is 3. The van der Waals surface area contributed by atoms with Crippen LogP contribution in [-0.2, 0) is 0 Å². The van der Waals surface area contributed by atoms with E-state index >= 15 is 0 Å². The Morgan fingerprint density at radius 3 is 2.59 bits per heavy atom. The van der Waals surface area contributed by atoms with Crippen molar-refractivity contribution < 1.29 is 4.74 Å². The van der Waals surface area contributed by atoms with Crippen LogP contribution in [0.3, 0.4) is 0 Å². The molecule has 0 saturated heterocycles. The number of benzene rings is 1. The summed E-state index contributed by atoms with van der Waals surface area (Å²) in [6.07, 6.45) is 1.53. The van der Waals surface area contributed by atoms with Gasteiger partial charge in [0.05, 0.1) is 12.8 Å². The quantitative estimate of drug-likeness (QED) is 0.833. The number of hydrogen-bond donors (Lipinski definition) is 2. The Morgan fingerprint density at radius 1 is 1.18 bits per heavy atom. The second-order valence-electron chi connectivity index (χ2n) is 5.49. The first kappa shape index (κ1) is 16.4. The highest BCUT2D eigenvalue weighted by Crippen LogP contribution is 2.32. The molecule has 0 aliphatic rings. The number of halogens is 1. The predicted octanol–water partition coefficient (Wildman–Crippen LogP) is 4.26. The highest BCUT2D eigenvalue weighted by molar-refractivity contribution is 6.31. The molecule has 0 unspecified atom stereocenters. The molecule has 118 valence electrons. The summed E-state index contributed by atoms with van der Waals surface area (Å²) < 4.78 is 5.36. The normalized spacial score (nSPS) is 10.6. The van der Waals surface area contributed by atoms with E-state index in [2.05, 4.69) is 34.4 Å². The molecule has 0 spiro atoms. The lowest BCUT2D eigenvalue weighted by Gasteiger charge is -2.13. The fourth-order valence-electron chi connectivity index (χ4n) is 1.90. The van der Waals surface area contributed by atoms with Crippen LogP contribution in [0, 0.1) is 12.8 Å². The molecule has 0 amide bonds. The lowest BCUT2D eigenvalue weighted by Crippen LogP contribution is -2.09. The fraction of sp³-hybridized carbons (Fsp3) is 0.375. The van der Waals surface area contributed by atoms with E-state index in [1.54, 1.807) is 13.2 Å². The first-order chi connectivity index (χ1) is 10.5. The zero-order valence-electron chi connectivity index (χ0n) is 13.3. The van der Waals surface area contributed by atoms with E-state index in [1.807, 2.05) is 19.1 Å². The molecule has 2 N–H and O–H groups in total. The molecule has 0 fully saturated rings. The molecule has 0 aliphatic carbocycles. The third-order valence-electron chi connectivity index (χ3n) is 3.10. The van der Waals surface area contributed by atoms with E-state index in [0.29, 0.717) is 22.5 Å². The zero-order chi connectivity index (χ0) is 16.1. The van der Waals surface area contributed by atoms with Gasteiger partial charge in [0, 0.05) is 23.7 Å². The summed E-state index contributed by atoms with van der Waals surface area (Å²) in [7, 11) is 1.61. The Balaban J connectivity index is 2.20. The molecule has 0 bridgehead atoms. The number of ether oxygens (including phenoxy) is 1. The van der Waals surface area contributed by atoms with Crippen LogP contribution in [0.15, 0.2) is 24.5 Å². The van der Waals surface area contributed by atoms with E-state index in [1.165, 1.54) is 6.33 Å². The Morgan fingerprint density at radius 2 is 1.91 bits per heavy atom. The average molecular weight is 321 g/mol. The number of rotatable bonds is 6. The van der Waals surface area contributed by atoms with Crippen LogP contribution in [0.2, 0.25) is 5.02 Å². The lowest BCUT2D eigenvalue weighted by molar-refractivity contribution is 0.416. The van der Waals surface area contributed by atoms with Crippen LogP contribution in [-0.4, -0.2) is 23.6 Å². The standard InChI is InChI=1S/C16H21ClN4O/c1-10(2)8-18-15-7-16(20-9-19-15)21-13-5-11(3)12(17)6-14(13)22-4/h5-7,9-10H,8H2,1-4H3,(H2,18,19,20,21). The summed E-state index contributed by atoms with van der Waals surface area (Å²) >= 11 is 6.12. The predicted molar refractivity (Wildman–Crippen MR) is 91.4 cm³/mol. The monoisotopic (exact) mass is 320 g/mol. The maximum atomic E-state index is 6.12. The fourth-order valence-corrected chi connectivity index (χ4v) is 2.05. The largest absolute Gasteiger partial charge is 0.495 e. The molecule has 6 heteroatoms. The van der Waals surface area contributed by atoms with Crippen molar-refractivity contribution in [3.05, 3.63) is 35.1 Å². The van der Waals surface area contributed by atoms with Crippen LogP contribution < -0.4 is 15.4 Å². The number of hydrogen-bond acceptors (Lipinski definition) is 5. The second-order valence-corrected chi connectivity index (χ2v) is 5.90. The van der Waals surface area contributed by atoms with Crippen LogP contribution >= 0.6 is 11.6 Å². The highest BCUT2D eigenvalue weighted by atomic mass is 35.5. The first-order valence-corrected chi connectivity index (χ1v) is 7.54. The minimum atomic E-state index is 0.547. The molecule has 2 aromatic rings. The Bertz CT molecular complexity index is 646. The van der Waals surface area contributed by atoms with Gasteiger partial charge in [0.2, 0.25) is 0 Å². The van der Waals surface area contributed by atoms with E-state index in [0.717, 1.165) is 23.6 Å². The van der Waals surface area contributed by atoms with Crippen molar-refractivity contribution in [2.75, 3.05) is 24.3 Å². The van der Waals surface area contributed by atoms with Crippen molar-refractivity contribution in [3.63, 3.8) is 0 Å². The molecule has 0 aliphatic heterocycles. The van der Waals surface area contributed by atoms with Crippen molar-refractivity contribution in [1.82, 2.24) is 9.97 Å². The summed E-state index contributed by atoms with van der Waals surface area (Å²) in [4.78, 5) is 8.45. The molecular formula is C16H21ClN4O. The molecule has 1 aromatic heterocycles. The van der Waals surface area contributed by atoms with Crippen LogP contribution in [0.5, 0.6) is 5.75 Å². The van der Waals surface area contributed by atoms with Gasteiger partial charge in [-0.25, -0.2) is 9.97 Å². The maximum absolute atomic E-state index is 6.12. The lowest BCUT2D eigenvalue weighted by atomic mass is 10.2. The van der Waals surface area contributed by atoms with Gasteiger partial charge in [-0.05, 0) is 24.5 Å². The summed E-state index contributed by atoms with van der Waals surface area (Å²) in [5, 5.41) is 7.19. The van der Waals surface area contributed by atoms with Gasteiger partial charge in [0.15, 0.2) is 0 Å². The van der Waals surface area contributed by atoms with Gasteiger partial charge < -0.3 is 15.4 Å². The zero-order valence-corrected chi connectivity index (χ0v) is 14.0. The van der Waals surface area contributed by atoms with Crippen LogP contribution in [0.1, 0.15) is 19.4 Å². The van der Waals surface area contributed by atoms with Crippen molar-refractivity contribution in [2.45, 2.75) is 20.8 Å². The molecule has 5 nitrogen and oxygen atoms in total. The van der Waals surface area contributed by atoms with Gasteiger partial charge in [0.1, 0.15) is 23.7 Å². The van der Waals surface area contributed by atoms with Crippen LogP contribution in [0.25, 0.3) is 0 Å². The van der Waals surface area contributed by atoms with Crippen LogP contribution in [0.4, 0.5) is 17.3 Å². The first-order valence-electron chi connectivity index (χ1n) is 7.16. The van der Waals surface area contributed by atoms with Crippen molar-refractivity contribution in [1.29, 1.82) is 0 Å². The van der Waals surface area contributed by atoms with E-state index in [9.17, 15) is 0 Å². The van der Waals surface area contributed by atoms with Gasteiger partial charge >= 0.3 is 0 Å². The number of methoxy groups -OCH3 is 1. The Hall–Kier alpha value is -2.01. The number of nitrogens with zero attached hydrogens (tertiary/aromatic N) is 2. The van der Waals surface area contributed by atoms with Gasteiger partial charge in [-0.3, -0.25) is 0 Å². The molecule has 1 heterocycles. The Labute approximate surface area is 136 Å². The van der Waals surface area contributed by atoms with Gasteiger partial charge in [-0.2, -0.15) is 0 Å². The molecule has 0 atom stereocenters. The molecule has 2 rings (SSSR count). The van der Waals surface area contributed by atoms with Crippen molar-refractivity contribution >= 4 is 28.9 Å².